The third kappa shape index (κ3) is 3.51. The molecule has 5 heteroatoms. The molecule has 0 atom stereocenters. The number of fused-ring (bicyclic) bond motifs is 1. The molecule has 1 amide bonds. The van der Waals surface area contributed by atoms with Gasteiger partial charge < -0.3 is 10.3 Å². The van der Waals surface area contributed by atoms with Gasteiger partial charge in [-0.2, -0.15) is 0 Å². The average Bonchev–Trinajstić information content (AvgIpc) is 2.56. The molecule has 0 spiro atoms. The van der Waals surface area contributed by atoms with Crippen LogP contribution in [0, 0.1) is 12.7 Å². The lowest BCUT2D eigenvalue weighted by molar-refractivity contribution is 0.0954. The molecule has 1 aromatic heterocycles. The van der Waals surface area contributed by atoms with Crippen molar-refractivity contribution >= 4 is 16.8 Å². The van der Waals surface area contributed by atoms with Gasteiger partial charge in [-0.15, -0.1) is 0 Å². The van der Waals surface area contributed by atoms with Crippen LogP contribution in [0.3, 0.4) is 0 Å². The number of carbonyl (C=O) groups is 1. The van der Waals surface area contributed by atoms with E-state index in [1.807, 2.05) is 19.1 Å². The third-order valence-corrected chi connectivity index (χ3v) is 3.88. The molecule has 0 aliphatic heterocycles. The molecule has 0 unspecified atom stereocenters. The summed E-state index contributed by atoms with van der Waals surface area (Å²) in [5.41, 5.74) is 2.43. The second kappa shape index (κ2) is 6.66. The van der Waals surface area contributed by atoms with Crippen LogP contribution >= 0.6 is 0 Å². The van der Waals surface area contributed by atoms with Crippen molar-refractivity contribution in [3.8, 4) is 0 Å². The number of amides is 1. The summed E-state index contributed by atoms with van der Waals surface area (Å²) in [5, 5.41) is 3.56. The number of hydrogen-bond donors (Lipinski definition) is 2. The molecule has 2 N–H and O–H groups in total. The van der Waals surface area contributed by atoms with E-state index < -0.39 is 5.82 Å². The number of aromatic amines is 1. The fourth-order valence-corrected chi connectivity index (χ4v) is 2.52. The maximum Gasteiger partial charge on any atom is 0.251 e. The van der Waals surface area contributed by atoms with E-state index in [-0.39, 0.29) is 11.5 Å². The predicted molar refractivity (Wildman–Crippen MR) is 91.7 cm³/mol. The molecule has 0 saturated heterocycles. The van der Waals surface area contributed by atoms with Crippen molar-refractivity contribution in [1.29, 1.82) is 0 Å². The van der Waals surface area contributed by atoms with E-state index in [0.29, 0.717) is 29.6 Å². The number of benzene rings is 2. The van der Waals surface area contributed by atoms with Gasteiger partial charge in [-0.1, -0.05) is 17.7 Å². The van der Waals surface area contributed by atoms with E-state index in [1.165, 1.54) is 12.1 Å². The molecular weight excluding hydrogens is 307 g/mol. The van der Waals surface area contributed by atoms with Crippen LogP contribution in [0.1, 0.15) is 21.5 Å². The number of H-pyrrole nitrogens is 1. The van der Waals surface area contributed by atoms with E-state index in [0.717, 1.165) is 10.9 Å². The number of hydrogen-bond acceptors (Lipinski definition) is 2. The number of rotatable bonds is 4. The smallest absolute Gasteiger partial charge is 0.251 e. The molecule has 0 aliphatic rings. The second-order valence-electron chi connectivity index (χ2n) is 5.73. The molecule has 0 radical (unpaired) electrons. The van der Waals surface area contributed by atoms with Crippen LogP contribution in [0.25, 0.3) is 10.9 Å². The number of halogens is 1. The fraction of sp³-hybridized carbons (Fsp3) is 0.158. The second-order valence-corrected chi connectivity index (χ2v) is 5.73. The van der Waals surface area contributed by atoms with E-state index in [4.69, 9.17) is 0 Å². The Hall–Kier alpha value is -2.95. The van der Waals surface area contributed by atoms with Gasteiger partial charge >= 0.3 is 0 Å². The number of carbonyl (C=O) groups excluding carboxylic acids is 1. The first kappa shape index (κ1) is 15.9. The SMILES string of the molecule is Cc1ccc(C(=O)NCCc2cc3ccc(F)cc3[nH]c2=O)cc1. The highest BCUT2D eigenvalue weighted by atomic mass is 19.1. The van der Waals surface area contributed by atoms with Crippen molar-refractivity contribution in [2.24, 2.45) is 0 Å². The minimum Gasteiger partial charge on any atom is -0.352 e. The summed E-state index contributed by atoms with van der Waals surface area (Å²) >= 11 is 0. The molecule has 3 aromatic rings. The molecule has 0 fully saturated rings. The standard InChI is InChI=1S/C19H17FN2O2/c1-12-2-4-13(5-3-12)18(23)21-9-8-15-10-14-6-7-16(20)11-17(14)22-19(15)24/h2-7,10-11H,8-9H2,1H3,(H,21,23)(H,22,24). The van der Waals surface area contributed by atoms with Gasteiger partial charge in [0.1, 0.15) is 5.82 Å². The third-order valence-electron chi connectivity index (χ3n) is 3.88. The zero-order valence-electron chi connectivity index (χ0n) is 13.2. The summed E-state index contributed by atoms with van der Waals surface area (Å²) in [5.74, 6) is -0.564. The van der Waals surface area contributed by atoms with Gasteiger partial charge in [-0.05, 0) is 55.1 Å². The minimum absolute atomic E-state index is 0.172. The van der Waals surface area contributed by atoms with Crippen LogP contribution in [0.2, 0.25) is 0 Å². The van der Waals surface area contributed by atoms with Crippen LogP contribution < -0.4 is 10.9 Å². The maximum absolute atomic E-state index is 13.2. The molecular formula is C19H17FN2O2. The van der Waals surface area contributed by atoms with Crippen LogP contribution in [-0.4, -0.2) is 17.4 Å². The monoisotopic (exact) mass is 324 g/mol. The normalized spacial score (nSPS) is 10.8. The quantitative estimate of drug-likeness (QED) is 0.775. The van der Waals surface area contributed by atoms with Gasteiger partial charge in [0, 0.05) is 17.7 Å². The summed E-state index contributed by atoms with van der Waals surface area (Å²) in [6, 6.07) is 13.3. The molecule has 2 aromatic carbocycles. The van der Waals surface area contributed by atoms with Gasteiger partial charge in [0.05, 0.1) is 5.52 Å². The predicted octanol–water partition coefficient (Wildman–Crippen LogP) is 2.95. The van der Waals surface area contributed by atoms with Crippen molar-refractivity contribution in [3.63, 3.8) is 0 Å². The van der Waals surface area contributed by atoms with E-state index in [1.54, 1.807) is 24.3 Å². The first-order valence-electron chi connectivity index (χ1n) is 7.69. The number of nitrogens with one attached hydrogen (secondary N) is 2. The van der Waals surface area contributed by atoms with Crippen molar-refractivity contribution in [1.82, 2.24) is 10.3 Å². The molecule has 4 nitrogen and oxygen atoms in total. The van der Waals surface area contributed by atoms with Crippen LogP contribution in [0.5, 0.6) is 0 Å². The lowest BCUT2D eigenvalue weighted by atomic mass is 10.1. The topological polar surface area (TPSA) is 62.0 Å². The molecule has 122 valence electrons. The van der Waals surface area contributed by atoms with Gasteiger partial charge in [0.25, 0.3) is 11.5 Å². The Morgan fingerprint density at radius 3 is 2.62 bits per heavy atom. The molecule has 1 heterocycles. The highest BCUT2D eigenvalue weighted by molar-refractivity contribution is 5.94. The maximum atomic E-state index is 13.2. The van der Waals surface area contributed by atoms with Crippen LogP contribution in [-0.2, 0) is 6.42 Å². The summed E-state index contributed by atoms with van der Waals surface area (Å²) in [4.78, 5) is 26.7. The van der Waals surface area contributed by atoms with Crippen LogP contribution in [0.15, 0.2) is 53.3 Å². The zero-order chi connectivity index (χ0) is 17.1. The van der Waals surface area contributed by atoms with Gasteiger partial charge in [-0.25, -0.2) is 4.39 Å². The number of aromatic nitrogens is 1. The van der Waals surface area contributed by atoms with Gasteiger partial charge in [0.2, 0.25) is 0 Å². The highest BCUT2D eigenvalue weighted by Crippen LogP contribution is 2.12. The lowest BCUT2D eigenvalue weighted by Gasteiger charge is -2.06. The van der Waals surface area contributed by atoms with Crippen molar-refractivity contribution < 1.29 is 9.18 Å². The number of pyridine rings is 1. The highest BCUT2D eigenvalue weighted by Gasteiger charge is 2.07. The van der Waals surface area contributed by atoms with Crippen molar-refractivity contribution in [2.45, 2.75) is 13.3 Å². The minimum atomic E-state index is -0.392. The fourth-order valence-electron chi connectivity index (χ4n) is 2.52. The van der Waals surface area contributed by atoms with E-state index >= 15 is 0 Å². The molecule has 3 rings (SSSR count). The van der Waals surface area contributed by atoms with Gasteiger partial charge in [-0.3, -0.25) is 9.59 Å². The summed E-state index contributed by atoms with van der Waals surface area (Å²) in [7, 11) is 0. The lowest BCUT2D eigenvalue weighted by Crippen LogP contribution is -2.27. The number of aryl methyl sites for hydroxylation is 1. The first-order valence-corrected chi connectivity index (χ1v) is 7.69. The van der Waals surface area contributed by atoms with Gasteiger partial charge in [0.15, 0.2) is 0 Å². The van der Waals surface area contributed by atoms with E-state index in [9.17, 15) is 14.0 Å². The Bertz CT molecular complexity index is 946. The van der Waals surface area contributed by atoms with Crippen molar-refractivity contribution in [3.05, 3.63) is 81.4 Å². The molecule has 0 bridgehead atoms. The molecule has 0 saturated carbocycles. The van der Waals surface area contributed by atoms with E-state index in [2.05, 4.69) is 10.3 Å². The summed E-state index contributed by atoms with van der Waals surface area (Å²) in [6.07, 6.45) is 0.403. The van der Waals surface area contributed by atoms with Crippen molar-refractivity contribution in [2.75, 3.05) is 6.54 Å². The Morgan fingerprint density at radius 2 is 1.88 bits per heavy atom. The Kier molecular flexibility index (Phi) is 4.42. The first-order chi connectivity index (χ1) is 11.5. The Labute approximate surface area is 138 Å². The summed E-state index contributed by atoms with van der Waals surface area (Å²) in [6.45, 7) is 2.31. The summed E-state index contributed by atoms with van der Waals surface area (Å²) < 4.78 is 13.2. The average molecular weight is 324 g/mol. The zero-order valence-corrected chi connectivity index (χ0v) is 13.2. The Morgan fingerprint density at radius 1 is 1.12 bits per heavy atom. The Balaban J connectivity index is 1.68. The largest absolute Gasteiger partial charge is 0.352 e. The molecule has 24 heavy (non-hydrogen) atoms. The van der Waals surface area contributed by atoms with Crippen LogP contribution in [0.4, 0.5) is 4.39 Å². The molecule has 0 aliphatic carbocycles.